The Labute approximate surface area is 189 Å². The molecule has 3 aromatic carbocycles. The van der Waals surface area contributed by atoms with Crippen LogP contribution < -0.4 is 18.9 Å². The minimum atomic E-state index is 0.167. The van der Waals surface area contributed by atoms with Crippen LogP contribution in [0.5, 0.6) is 23.0 Å². The Kier molecular flexibility index (Phi) is 7.06. The smallest absolute Gasteiger partial charge is 0.127 e. The molecule has 0 N–H and O–H groups in total. The average molecular weight is 439 g/mol. The van der Waals surface area contributed by atoms with Crippen LogP contribution in [0.1, 0.15) is 20.8 Å². The van der Waals surface area contributed by atoms with E-state index in [-0.39, 0.29) is 4.75 Å². The van der Waals surface area contributed by atoms with Crippen LogP contribution in [0.25, 0.3) is 22.3 Å². The van der Waals surface area contributed by atoms with Crippen molar-refractivity contribution in [3.8, 4) is 45.3 Å². The highest BCUT2D eigenvalue weighted by Gasteiger charge is 2.18. The van der Waals surface area contributed by atoms with E-state index >= 15 is 0 Å². The van der Waals surface area contributed by atoms with Crippen molar-refractivity contribution >= 4 is 11.8 Å². The zero-order valence-corrected chi connectivity index (χ0v) is 20.1. The Bertz CT molecular complexity index is 1040. The van der Waals surface area contributed by atoms with Crippen molar-refractivity contribution in [3.05, 3.63) is 54.6 Å². The first-order valence-electron chi connectivity index (χ1n) is 10.1. The summed E-state index contributed by atoms with van der Waals surface area (Å²) in [6, 6.07) is 18.2. The van der Waals surface area contributed by atoms with E-state index in [2.05, 4.69) is 45.0 Å². The molecule has 0 aromatic heterocycles. The van der Waals surface area contributed by atoms with Gasteiger partial charge in [-0.1, -0.05) is 32.9 Å². The normalized spacial score (nSPS) is 11.2. The van der Waals surface area contributed by atoms with Gasteiger partial charge < -0.3 is 18.9 Å². The van der Waals surface area contributed by atoms with Gasteiger partial charge in [0.2, 0.25) is 0 Å². The van der Waals surface area contributed by atoms with Crippen molar-refractivity contribution in [2.75, 3.05) is 28.4 Å². The summed E-state index contributed by atoms with van der Waals surface area (Å²) >= 11 is 1.85. The molecule has 0 atom stereocenters. The summed E-state index contributed by atoms with van der Waals surface area (Å²) in [7, 11) is 6.65. The third-order valence-electron chi connectivity index (χ3n) is 4.81. The number of thioether (sulfide) groups is 1. The minimum Gasteiger partial charge on any atom is -0.497 e. The van der Waals surface area contributed by atoms with Gasteiger partial charge in [0.05, 0.1) is 28.4 Å². The van der Waals surface area contributed by atoms with Gasteiger partial charge >= 0.3 is 0 Å². The van der Waals surface area contributed by atoms with Crippen LogP contribution in [0.3, 0.4) is 0 Å². The molecule has 0 amide bonds. The van der Waals surface area contributed by atoms with Gasteiger partial charge in [0, 0.05) is 26.3 Å². The molecule has 0 heterocycles. The van der Waals surface area contributed by atoms with Gasteiger partial charge in [-0.2, -0.15) is 0 Å². The lowest BCUT2D eigenvalue weighted by Crippen LogP contribution is -2.06. The van der Waals surface area contributed by atoms with Gasteiger partial charge in [-0.25, -0.2) is 0 Å². The first kappa shape index (κ1) is 22.9. The molecule has 0 saturated heterocycles. The molecule has 3 aromatic rings. The van der Waals surface area contributed by atoms with Crippen molar-refractivity contribution in [2.24, 2.45) is 0 Å². The first-order chi connectivity index (χ1) is 14.8. The summed E-state index contributed by atoms with van der Waals surface area (Å²) in [6.07, 6.45) is 0. The quantitative estimate of drug-likeness (QED) is 0.373. The lowest BCUT2D eigenvalue weighted by Gasteiger charge is -2.19. The predicted molar refractivity (Wildman–Crippen MR) is 129 cm³/mol. The van der Waals surface area contributed by atoms with Crippen LogP contribution in [0.15, 0.2) is 59.5 Å². The zero-order valence-electron chi connectivity index (χ0n) is 19.2. The molecule has 0 spiro atoms. The van der Waals surface area contributed by atoms with Crippen LogP contribution >= 0.6 is 11.8 Å². The van der Waals surface area contributed by atoms with Crippen molar-refractivity contribution in [2.45, 2.75) is 30.4 Å². The van der Waals surface area contributed by atoms with Gasteiger partial charge in [-0.05, 0) is 48.0 Å². The molecule has 0 aliphatic heterocycles. The molecule has 0 unspecified atom stereocenters. The summed E-state index contributed by atoms with van der Waals surface area (Å²) < 4.78 is 22.7. The maximum absolute atomic E-state index is 5.77. The molecular formula is C26H30O4S. The topological polar surface area (TPSA) is 36.9 Å². The van der Waals surface area contributed by atoms with Crippen molar-refractivity contribution in [1.82, 2.24) is 0 Å². The van der Waals surface area contributed by atoms with E-state index in [4.69, 9.17) is 18.9 Å². The fourth-order valence-electron chi connectivity index (χ4n) is 3.41. The van der Waals surface area contributed by atoms with E-state index in [1.54, 1.807) is 28.4 Å². The van der Waals surface area contributed by atoms with Gasteiger partial charge in [0.15, 0.2) is 0 Å². The predicted octanol–water partition coefficient (Wildman–Crippen LogP) is 6.95. The molecule has 5 heteroatoms. The van der Waals surface area contributed by atoms with Crippen molar-refractivity contribution in [3.63, 3.8) is 0 Å². The number of hydrogen-bond donors (Lipinski definition) is 0. The molecule has 4 nitrogen and oxygen atoms in total. The highest BCUT2D eigenvalue weighted by atomic mass is 32.2. The Morgan fingerprint density at radius 3 is 1.68 bits per heavy atom. The number of hydrogen-bond acceptors (Lipinski definition) is 5. The number of ether oxygens (including phenoxy) is 4. The number of rotatable bonds is 7. The lowest BCUT2D eigenvalue weighted by molar-refractivity contribution is 0.400. The SMILES string of the molecule is COc1ccc(OC)c(-c2cc(OC)c(-c3ccc(SC(C)(C)C)cc3)cc2OC)c1. The van der Waals surface area contributed by atoms with E-state index < -0.39 is 0 Å². The van der Waals surface area contributed by atoms with Crippen LogP contribution in [0.4, 0.5) is 0 Å². The second-order valence-corrected chi connectivity index (χ2v) is 9.96. The molecule has 0 bridgehead atoms. The molecular weight excluding hydrogens is 408 g/mol. The fraction of sp³-hybridized carbons (Fsp3) is 0.308. The van der Waals surface area contributed by atoms with Crippen LogP contribution in [-0.2, 0) is 0 Å². The largest absolute Gasteiger partial charge is 0.497 e. The molecule has 0 aliphatic rings. The monoisotopic (exact) mass is 438 g/mol. The minimum absolute atomic E-state index is 0.167. The highest BCUT2D eigenvalue weighted by molar-refractivity contribution is 8.00. The van der Waals surface area contributed by atoms with E-state index in [0.717, 1.165) is 45.3 Å². The van der Waals surface area contributed by atoms with E-state index in [0.29, 0.717) is 0 Å². The molecule has 0 fully saturated rings. The van der Waals surface area contributed by atoms with E-state index in [1.807, 2.05) is 42.1 Å². The maximum atomic E-state index is 5.77. The average Bonchev–Trinajstić information content (AvgIpc) is 2.77. The summed E-state index contributed by atoms with van der Waals surface area (Å²) in [5, 5.41) is 0. The maximum Gasteiger partial charge on any atom is 0.127 e. The van der Waals surface area contributed by atoms with Crippen LogP contribution in [0, 0.1) is 0 Å². The van der Waals surface area contributed by atoms with Gasteiger partial charge in [0.1, 0.15) is 23.0 Å². The first-order valence-corrected chi connectivity index (χ1v) is 10.9. The second-order valence-electron chi connectivity index (χ2n) is 8.06. The summed E-state index contributed by atoms with van der Waals surface area (Å²) in [6.45, 7) is 6.64. The Morgan fingerprint density at radius 1 is 0.581 bits per heavy atom. The van der Waals surface area contributed by atoms with Crippen molar-refractivity contribution in [1.29, 1.82) is 0 Å². The Hall–Kier alpha value is -2.79. The van der Waals surface area contributed by atoms with Crippen LogP contribution in [-0.4, -0.2) is 33.2 Å². The molecule has 0 saturated carbocycles. The molecule has 0 aliphatic carbocycles. The molecule has 31 heavy (non-hydrogen) atoms. The highest BCUT2D eigenvalue weighted by Crippen LogP contribution is 2.45. The fourth-order valence-corrected chi connectivity index (χ4v) is 4.39. The molecule has 0 radical (unpaired) electrons. The summed E-state index contributed by atoms with van der Waals surface area (Å²) in [4.78, 5) is 1.24. The summed E-state index contributed by atoms with van der Waals surface area (Å²) in [5.74, 6) is 2.97. The number of methoxy groups -OCH3 is 4. The van der Waals surface area contributed by atoms with E-state index in [1.165, 1.54) is 4.90 Å². The second kappa shape index (κ2) is 9.56. The van der Waals surface area contributed by atoms with Gasteiger partial charge in [-0.15, -0.1) is 11.8 Å². The van der Waals surface area contributed by atoms with Crippen molar-refractivity contribution < 1.29 is 18.9 Å². The standard InChI is InChI=1S/C26H30O4S/c1-26(2,3)31-19-11-8-17(9-12-19)20-15-25(30-7)22(16-24(20)29-6)21-14-18(27-4)10-13-23(21)28-5/h8-16H,1-7H3. The molecule has 3 rings (SSSR count). The number of benzene rings is 3. The van der Waals surface area contributed by atoms with Gasteiger partial charge in [0.25, 0.3) is 0 Å². The molecule has 164 valence electrons. The Morgan fingerprint density at radius 2 is 1.13 bits per heavy atom. The lowest BCUT2D eigenvalue weighted by atomic mass is 9.97. The third kappa shape index (κ3) is 5.28. The Balaban J connectivity index is 2.10. The van der Waals surface area contributed by atoms with E-state index in [9.17, 15) is 0 Å². The van der Waals surface area contributed by atoms with Gasteiger partial charge in [-0.3, -0.25) is 0 Å². The third-order valence-corrected chi connectivity index (χ3v) is 5.93. The zero-order chi connectivity index (χ0) is 22.6. The summed E-state index contributed by atoms with van der Waals surface area (Å²) in [5.41, 5.74) is 3.79. The van der Waals surface area contributed by atoms with Crippen LogP contribution in [0.2, 0.25) is 0 Å².